The number of hydrogen-bond donors (Lipinski definition) is 0. The largest absolute Gasteiger partial charge is 0.501 e. The monoisotopic (exact) mass is 950 g/mol. The summed E-state index contributed by atoms with van der Waals surface area (Å²) in [5.41, 5.74) is 11.7. The van der Waals surface area contributed by atoms with Crippen LogP contribution in [-0.4, -0.2) is 22.6 Å². The van der Waals surface area contributed by atoms with E-state index in [9.17, 15) is 0 Å². The van der Waals surface area contributed by atoms with E-state index in [4.69, 9.17) is 14.4 Å². The van der Waals surface area contributed by atoms with Gasteiger partial charge in [0.2, 0.25) is 0 Å². The predicted molar refractivity (Wildman–Crippen MR) is 240 cm³/mol. The Kier molecular flexibility index (Phi) is 11.7. The Hall–Kier alpha value is -5.39. The maximum Gasteiger partial charge on any atom is 0.120 e. The van der Waals surface area contributed by atoms with Crippen molar-refractivity contribution in [3.8, 4) is 39.5 Å². The van der Waals surface area contributed by atoms with Crippen LogP contribution in [0.2, 0.25) is 19.6 Å². The van der Waals surface area contributed by atoms with Crippen molar-refractivity contribution < 1.29 is 24.5 Å². The third-order valence-corrected chi connectivity index (χ3v) is 13.4. The van der Waals surface area contributed by atoms with E-state index in [1.807, 2.05) is 60.7 Å². The average molecular weight is 950 g/mol. The van der Waals surface area contributed by atoms with E-state index in [0.29, 0.717) is 0 Å². The molecule has 1 aliphatic rings. The molecule has 1 fully saturated rings. The molecule has 0 spiro atoms. The molecule has 0 saturated heterocycles. The van der Waals surface area contributed by atoms with Gasteiger partial charge in [0.05, 0.1) is 30.5 Å². The zero-order chi connectivity index (χ0) is 38.8. The Morgan fingerprint density at radius 1 is 0.707 bits per heavy atom. The van der Waals surface area contributed by atoms with Gasteiger partial charge in [0.1, 0.15) is 5.58 Å². The fourth-order valence-electron chi connectivity index (χ4n) is 8.49. The van der Waals surface area contributed by atoms with Gasteiger partial charge in [-0.1, -0.05) is 147 Å². The first-order chi connectivity index (χ1) is 27.9. The second-order valence-electron chi connectivity index (χ2n) is 16.3. The third kappa shape index (κ3) is 8.15. The summed E-state index contributed by atoms with van der Waals surface area (Å²) in [6.07, 6.45) is 10.5. The maximum atomic E-state index is 6.32. The second kappa shape index (κ2) is 17.2. The van der Waals surface area contributed by atoms with E-state index in [1.54, 1.807) is 10.8 Å². The van der Waals surface area contributed by atoms with Crippen LogP contribution >= 0.6 is 0 Å². The van der Waals surface area contributed by atoms with Crippen molar-refractivity contribution in [2.75, 3.05) is 0 Å². The van der Waals surface area contributed by atoms with Crippen LogP contribution in [-0.2, 0) is 26.5 Å². The molecule has 58 heavy (non-hydrogen) atoms. The van der Waals surface area contributed by atoms with Gasteiger partial charge in [-0.25, -0.2) is 0 Å². The molecule has 10 rings (SSSR count). The van der Waals surface area contributed by atoms with Crippen molar-refractivity contribution in [2.45, 2.75) is 58.2 Å². The zero-order valence-corrected chi connectivity index (χ0v) is 36.7. The van der Waals surface area contributed by atoms with Crippen molar-refractivity contribution >= 4 is 46.2 Å². The molecular weight excluding hydrogens is 903 g/mol. The number of hydrogen-bond acceptors (Lipinski definition) is 3. The normalized spacial score (nSPS) is 13.3. The van der Waals surface area contributed by atoms with Crippen molar-refractivity contribution in [3.05, 3.63) is 169 Å². The molecule has 9 aromatic rings. The van der Waals surface area contributed by atoms with Gasteiger partial charge in [-0.15, -0.1) is 54.1 Å². The fourth-order valence-corrected chi connectivity index (χ4v) is 10.1. The van der Waals surface area contributed by atoms with E-state index >= 15 is 0 Å². The van der Waals surface area contributed by atoms with E-state index in [1.165, 1.54) is 49.7 Å². The van der Waals surface area contributed by atoms with Crippen LogP contribution < -0.4 is 5.19 Å². The Morgan fingerprint density at radius 2 is 1.43 bits per heavy atom. The molecule has 1 radical (unpaired) electrons. The first kappa shape index (κ1) is 39.4. The third-order valence-electron chi connectivity index (χ3n) is 11.4. The smallest absolute Gasteiger partial charge is 0.120 e. The van der Waals surface area contributed by atoms with Gasteiger partial charge in [0, 0.05) is 37.4 Å². The summed E-state index contributed by atoms with van der Waals surface area (Å²) >= 11 is 0. The number of pyridine rings is 1. The molecule has 1 aliphatic carbocycles. The molecule has 291 valence electrons. The summed E-state index contributed by atoms with van der Waals surface area (Å²) in [5, 5.41) is 3.72. The number of nitrogens with zero attached hydrogens (tertiary/aromatic N) is 3. The Bertz CT molecular complexity index is 2780. The molecule has 6 aromatic carbocycles. The van der Waals surface area contributed by atoms with E-state index < -0.39 is 8.07 Å². The van der Waals surface area contributed by atoms with Crippen LogP contribution in [0, 0.1) is 18.1 Å². The minimum atomic E-state index is -1.36. The first-order valence-electron chi connectivity index (χ1n) is 20.3. The molecule has 3 aromatic heterocycles. The van der Waals surface area contributed by atoms with Gasteiger partial charge >= 0.3 is 0 Å². The van der Waals surface area contributed by atoms with Crippen LogP contribution in [0.4, 0.5) is 0 Å². The molecule has 0 bridgehead atoms. The van der Waals surface area contributed by atoms with Gasteiger partial charge in [-0.2, -0.15) is 0 Å². The number of rotatable bonds is 7. The second-order valence-corrected chi connectivity index (χ2v) is 21.4. The van der Waals surface area contributed by atoms with Crippen LogP contribution in [0.5, 0.6) is 0 Å². The Labute approximate surface area is 356 Å². The Balaban J connectivity index is 0.000000172. The predicted octanol–water partition coefficient (Wildman–Crippen LogP) is 13.3. The summed E-state index contributed by atoms with van der Waals surface area (Å²) in [7, 11) is -1.36. The quantitative estimate of drug-likeness (QED) is 0.118. The maximum absolute atomic E-state index is 6.32. The molecular formula is C52H47IrN3OSi-2. The number of aromatic nitrogens is 3. The molecule has 0 atom stereocenters. The van der Waals surface area contributed by atoms with E-state index in [2.05, 4.69) is 127 Å². The van der Waals surface area contributed by atoms with Crippen LogP contribution in [0.15, 0.2) is 156 Å². The molecule has 1 saturated carbocycles. The SMILES string of the molecule is C[Si](C)(C)c1cnc(-c2[c-]cccc2)cc1CC1CCCCC1.[Ir].[c-]1ccc2c(oc3ccccc32)c1-c1nc2ccccc2n1-c1ccc(-c2ccccc2)cc1. The molecule has 4 nitrogen and oxygen atoms in total. The van der Waals surface area contributed by atoms with Crippen molar-refractivity contribution in [3.63, 3.8) is 0 Å². The summed E-state index contributed by atoms with van der Waals surface area (Å²) in [6, 6.07) is 56.7. The number of benzene rings is 6. The average Bonchev–Trinajstić information content (AvgIpc) is 3.84. The topological polar surface area (TPSA) is 43.9 Å². The van der Waals surface area contributed by atoms with E-state index in [0.717, 1.165) is 67.2 Å². The van der Waals surface area contributed by atoms with Crippen LogP contribution in [0.3, 0.4) is 0 Å². The van der Waals surface area contributed by atoms with Gasteiger partial charge in [0.15, 0.2) is 0 Å². The summed E-state index contributed by atoms with van der Waals surface area (Å²) in [6.45, 7) is 7.30. The molecule has 3 heterocycles. The minimum Gasteiger partial charge on any atom is -0.501 e. The summed E-state index contributed by atoms with van der Waals surface area (Å²) in [5.74, 6) is 1.69. The molecule has 0 N–H and O–H groups in total. The standard InChI is InChI=1S/C31H19N2O.C21H28NSi.Ir/c1-2-9-21(10-3-1)22-17-19-23(20-18-22)33-28-15-6-5-14-27(28)32-31(33)26-13-8-12-25-24-11-4-7-16-29(24)34-30(25)26;1-23(2,3)21-16-22-20(18-12-8-5-9-13-18)15-19(21)14-17-10-6-4-7-11-17;/h1-12,14-20H;5,8-9,12,15-17H,4,6-7,10-11,14H2,1-3H3;/q2*-1;. The first-order valence-corrected chi connectivity index (χ1v) is 23.8. The summed E-state index contributed by atoms with van der Waals surface area (Å²) < 4.78 is 8.51. The summed E-state index contributed by atoms with van der Waals surface area (Å²) in [4.78, 5) is 9.80. The number of imidazole rings is 1. The van der Waals surface area contributed by atoms with Crippen molar-refractivity contribution in [1.82, 2.24) is 14.5 Å². The Morgan fingerprint density at radius 3 is 2.21 bits per heavy atom. The number of para-hydroxylation sites is 3. The molecule has 0 unspecified atom stereocenters. The van der Waals surface area contributed by atoms with Gasteiger partial charge < -0.3 is 14.0 Å². The van der Waals surface area contributed by atoms with Gasteiger partial charge in [-0.3, -0.25) is 4.98 Å². The minimum absolute atomic E-state index is 0. The van der Waals surface area contributed by atoms with Gasteiger partial charge in [0.25, 0.3) is 0 Å². The fraction of sp³-hybridized carbons (Fsp3) is 0.192. The van der Waals surface area contributed by atoms with Crippen LogP contribution in [0.1, 0.15) is 37.7 Å². The molecule has 0 amide bonds. The number of furan rings is 1. The molecule has 6 heteroatoms. The molecule has 0 aliphatic heterocycles. The zero-order valence-electron chi connectivity index (χ0n) is 33.3. The van der Waals surface area contributed by atoms with Crippen LogP contribution in [0.25, 0.3) is 72.4 Å². The van der Waals surface area contributed by atoms with E-state index in [-0.39, 0.29) is 20.1 Å². The van der Waals surface area contributed by atoms with Crippen molar-refractivity contribution in [2.24, 2.45) is 5.92 Å². The number of fused-ring (bicyclic) bond motifs is 4. The van der Waals surface area contributed by atoms with Crippen molar-refractivity contribution in [1.29, 1.82) is 0 Å². The van der Waals surface area contributed by atoms with Gasteiger partial charge in [-0.05, 0) is 64.7 Å².